The first-order valence-electron chi connectivity index (χ1n) is 5.50. The number of aryl methyl sites for hydroxylation is 1. The SMILES string of the molecule is Cc1ncc(Br)cc1C(=O)OCc1ccccc1. The van der Waals surface area contributed by atoms with Crippen molar-refractivity contribution in [2.24, 2.45) is 0 Å². The summed E-state index contributed by atoms with van der Waals surface area (Å²) < 4.78 is 6.01. The Morgan fingerprint density at radius 2 is 2.06 bits per heavy atom. The smallest absolute Gasteiger partial charge is 0.340 e. The number of carbonyl (C=O) groups is 1. The molecule has 0 bridgehead atoms. The summed E-state index contributed by atoms with van der Waals surface area (Å²) in [7, 11) is 0. The van der Waals surface area contributed by atoms with Crippen LogP contribution in [0.1, 0.15) is 21.6 Å². The molecule has 18 heavy (non-hydrogen) atoms. The number of hydrogen-bond acceptors (Lipinski definition) is 3. The van der Waals surface area contributed by atoms with Crippen LogP contribution >= 0.6 is 15.9 Å². The summed E-state index contributed by atoms with van der Waals surface area (Å²) in [4.78, 5) is 16.0. The molecule has 0 saturated heterocycles. The third-order valence-corrected chi connectivity index (χ3v) is 2.92. The summed E-state index contributed by atoms with van der Waals surface area (Å²) in [5.74, 6) is -0.356. The first-order valence-corrected chi connectivity index (χ1v) is 6.29. The van der Waals surface area contributed by atoms with Crippen molar-refractivity contribution in [3.8, 4) is 0 Å². The Morgan fingerprint density at radius 3 is 2.78 bits per heavy atom. The quantitative estimate of drug-likeness (QED) is 0.815. The minimum Gasteiger partial charge on any atom is -0.457 e. The van der Waals surface area contributed by atoms with Crippen molar-refractivity contribution in [3.63, 3.8) is 0 Å². The molecular weight excluding hydrogens is 294 g/mol. The Labute approximate surface area is 114 Å². The number of aromatic nitrogens is 1. The van der Waals surface area contributed by atoms with E-state index in [0.717, 1.165) is 10.0 Å². The number of ether oxygens (including phenoxy) is 1. The Balaban J connectivity index is 2.06. The van der Waals surface area contributed by atoms with Crippen molar-refractivity contribution < 1.29 is 9.53 Å². The van der Waals surface area contributed by atoms with Gasteiger partial charge in [-0.05, 0) is 34.5 Å². The van der Waals surface area contributed by atoms with Gasteiger partial charge < -0.3 is 4.74 Å². The van der Waals surface area contributed by atoms with Crippen LogP contribution in [-0.2, 0) is 11.3 Å². The molecule has 0 amide bonds. The van der Waals surface area contributed by atoms with E-state index in [1.54, 1.807) is 19.2 Å². The van der Waals surface area contributed by atoms with Gasteiger partial charge in [-0.3, -0.25) is 4.98 Å². The monoisotopic (exact) mass is 305 g/mol. The van der Waals surface area contributed by atoms with Crippen LogP contribution in [0.5, 0.6) is 0 Å². The molecule has 0 aliphatic carbocycles. The molecule has 4 heteroatoms. The summed E-state index contributed by atoms with van der Waals surface area (Å²) in [5.41, 5.74) is 2.11. The average molecular weight is 306 g/mol. The predicted molar refractivity (Wildman–Crippen MR) is 72.2 cm³/mol. The number of esters is 1. The molecule has 0 saturated carbocycles. The van der Waals surface area contributed by atoms with E-state index < -0.39 is 0 Å². The Bertz CT molecular complexity index is 555. The van der Waals surface area contributed by atoms with Gasteiger partial charge in [-0.2, -0.15) is 0 Å². The third kappa shape index (κ3) is 3.17. The van der Waals surface area contributed by atoms with E-state index in [4.69, 9.17) is 4.74 Å². The fourth-order valence-electron chi connectivity index (χ4n) is 1.52. The van der Waals surface area contributed by atoms with Gasteiger partial charge in [-0.15, -0.1) is 0 Å². The zero-order valence-electron chi connectivity index (χ0n) is 9.89. The van der Waals surface area contributed by atoms with E-state index >= 15 is 0 Å². The van der Waals surface area contributed by atoms with Crippen LogP contribution in [0.15, 0.2) is 47.1 Å². The predicted octanol–water partition coefficient (Wildman–Crippen LogP) is 3.51. The maximum atomic E-state index is 11.9. The number of nitrogens with zero attached hydrogens (tertiary/aromatic N) is 1. The zero-order chi connectivity index (χ0) is 13.0. The van der Waals surface area contributed by atoms with Gasteiger partial charge in [-0.1, -0.05) is 30.3 Å². The van der Waals surface area contributed by atoms with Crippen LogP contribution in [0.25, 0.3) is 0 Å². The van der Waals surface area contributed by atoms with Crippen LogP contribution in [0, 0.1) is 6.92 Å². The number of pyridine rings is 1. The summed E-state index contributed by atoms with van der Waals surface area (Å²) in [5, 5.41) is 0. The standard InChI is InChI=1S/C14H12BrNO2/c1-10-13(7-12(15)8-16-10)14(17)18-9-11-5-3-2-4-6-11/h2-8H,9H2,1H3. The van der Waals surface area contributed by atoms with E-state index in [9.17, 15) is 4.79 Å². The third-order valence-electron chi connectivity index (χ3n) is 2.49. The molecule has 0 radical (unpaired) electrons. The molecule has 0 aliphatic rings. The average Bonchev–Trinajstić information content (AvgIpc) is 2.40. The van der Waals surface area contributed by atoms with Gasteiger partial charge in [0.25, 0.3) is 0 Å². The van der Waals surface area contributed by atoms with Gasteiger partial charge in [0.1, 0.15) is 6.61 Å². The van der Waals surface area contributed by atoms with Crippen molar-refractivity contribution >= 4 is 21.9 Å². The largest absolute Gasteiger partial charge is 0.457 e. The minimum absolute atomic E-state index is 0.269. The highest BCUT2D eigenvalue weighted by atomic mass is 79.9. The number of carbonyl (C=O) groups excluding carboxylic acids is 1. The molecule has 2 aromatic rings. The van der Waals surface area contributed by atoms with Gasteiger partial charge in [0, 0.05) is 10.7 Å². The maximum Gasteiger partial charge on any atom is 0.340 e. The number of hydrogen-bond donors (Lipinski definition) is 0. The molecule has 0 spiro atoms. The maximum absolute atomic E-state index is 11.9. The van der Waals surface area contributed by atoms with E-state index in [1.807, 2.05) is 30.3 Å². The van der Waals surface area contributed by atoms with Gasteiger partial charge in [0.15, 0.2) is 0 Å². The van der Waals surface area contributed by atoms with Crippen LogP contribution in [0.4, 0.5) is 0 Å². The summed E-state index contributed by atoms with van der Waals surface area (Å²) >= 11 is 3.29. The molecule has 0 aliphatic heterocycles. The van der Waals surface area contributed by atoms with Crippen molar-refractivity contribution in [1.82, 2.24) is 4.98 Å². The molecular formula is C14H12BrNO2. The molecule has 3 nitrogen and oxygen atoms in total. The molecule has 1 aromatic carbocycles. The zero-order valence-corrected chi connectivity index (χ0v) is 11.5. The van der Waals surface area contributed by atoms with Gasteiger partial charge in [0.2, 0.25) is 0 Å². The molecule has 0 fully saturated rings. The first-order chi connectivity index (χ1) is 8.66. The van der Waals surface area contributed by atoms with Crippen molar-refractivity contribution in [1.29, 1.82) is 0 Å². The number of benzene rings is 1. The lowest BCUT2D eigenvalue weighted by molar-refractivity contribution is 0.0471. The number of halogens is 1. The normalized spacial score (nSPS) is 10.1. The lowest BCUT2D eigenvalue weighted by Crippen LogP contribution is -2.08. The fraction of sp³-hybridized carbons (Fsp3) is 0.143. The van der Waals surface area contributed by atoms with Gasteiger partial charge in [0.05, 0.1) is 11.3 Å². The second kappa shape index (κ2) is 5.78. The highest BCUT2D eigenvalue weighted by molar-refractivity contribution is 9.10. The minimum atomic E-state index is -0.356. The van der Waals surface area contributed by atoms with Crippen LogP contribution < -0.4 is 0 Å². The van der Waals surface area contributed by atoms with Crippen molar-refractivity contribution in [2.75, 3.05) is 0 Å². The van der Waals surface area contributed by atoms with Gasteiger partial charge in [-0.25, -0.2) is 4.79 Å². The van der Waals surface area contributed by atoms with Crippen molar-refractivity contribution in [3.05, 3.63) is 63.9 Å². The lowest BCUT2D eigenvalue weighted by atomic mass is 10.2. The summed E-state index contributed by atoms with van der Waals surface area (Å²) in [6.45, 7) is 2.05. The fourth-order valence-corrected chi connectivity index (χ4v) is 1.85. The van der Waals surface area contributed by atoms with E-state index in [2.05, 4.69) is 20.9 Å². The second-order valence-corrected chi connectivity index (χ2v) is 4.76. The molecule has 2 rings (SSSR count). The Hall–Kier alpha value is -1.68. The van der Waals surface area contributed by atoms with Crippen LogP contribution in [0.3, 0.4) is 0 Å². The highest BCUT2D eigenvalue weighted by Gasteiger charge is 2.12. The summed E-state index contributed by atoms with van der Waals surface area (Å²) in [6, 6.07) is 11.3. The molecule has 1 aromatic heterocycles. The van der Waals surface area contributed by atoms with Gasteiger partial charge >= 0.3 is 5.97 Å². The first kappa shape index (κ1) is 12.8. The molecule has 92 valence electrons. The molecule has 1 heterocycles. The lowest BCUT2D eigenvalue weighted by Gasteiger charge is -2.07. The molecule has 0 N–H and O–H groups in total. The number of rotatable bonds is 3. The molecule has 0 atom stereocenters. The van der Waals surface area contributed by atoms with Crippen LogP contribution in [-0.4, -0.2) is 11.0 Å². The van der Waals surface area contributed by atoms with Crippen molar-refractivity contribution in [2.45, 2.75) is 13.5 Å². The van der Waals surface area contributed by atoms with E-state index in [-0.39, 0.29) is 12.6 Å². The highest BCUT2D eigenvalue weighted by Crippen LogP contribution is 2.15. The second-order valence-electron chi connectivity index (χ2n) is 3.85. The summed E-state index contributed by atoms with van der Waals surface area (Å²) in [6.07, 6.45) is 1.66. The Morgan fingerprint density at radius 1 is 1.33 bits per heavy atom. The topological polar surface area (TPSA) is 39.2 Å². The molecule has 0 unspecified atom stereocenters. The Kier molecular flexibility index (Phi) is 4.10. The van der Waals surface area contributed by atoms with Crippen LogP contribution in [0.2, 0.25) is 0 Å². The van der Waals surface area contributed by atoms with E-state index in [1.165, 1.54) is 0 Å². The van der Waals surface area contributed by atoms with E-state index in [0.29, 0.717) is 11.3 Å².